The Kier molecular flexibility index (Phi) is 5.40. The molecule has 1 N–H and O–H groups in total. The molecular weight excluding hydrogens is 317 g/mol. The molecule has 0 aliphatic carbocycles. The number of sulfone groups is 1. The number of aromatic nitrogens is 1. The van der Waals surface area contributed by atoms with Crippen molar-refractivity contribution in [1.29, 1.82) is 0 Å². The van der Waals surface area contributed by atoms with Gasteiger partial charge in [0.05, 0.1) is 5.75 Å². The van der Waals surface area contributed by atoms with Gasteiger partial charge in [-0.2, -0.15) is 13.2 Å². The van der Waals surface area contributed by atoms with E-state index in [0.29, 0.717) is 0 Å². The van der Waals surface area contributed by atoms with Crippen molar-refractivity contribution in [3.05, 3.63) is 23.9 Å². The first-order valence-electron chi connectivity index (χ1n) is 5.25. The van der Waals surface area contributed by atoms with E-state index >= 15 is 0 Å². The zero-order valence-electron chi connectivity index (χ0n) is 10.3. The minimum absolute atomic E-state index is 0.129. The van der Waals surface area contributed by atoms with Gasteiger partial charge in [0.25, 0.3) is 5.91 Å². The summed E-state index contributed by atoms with van der Waals surface area (Å²) >= 11 is -0.427. The second-order valence-electron chi connectivity index (χ2n) is 3.79. The van der Waals surface area contributed by atoms with Crippen molar-refractivity contribution >= 4 is 27.5 Å². The number of alkyl halides is 3. The van der Waals surface area contributed by atoms with Gasteiger partial charge in [-0.25, -0.2) is 13.4 Å². The largest absolute Gasteiger partial charge is 0.447 e. The van der Waals surface area contributed by atoms with Gasteiger partial charge in [0.1, 0.15) is 20.6 Å². The number of nitrogens with zero attached hydrogens (tertiary/aromatic N) is 1. The Morgan fingerprint density at radius 3 is 2.60 bits per heavy atom. The van der Waals surface area contributed by atoms with Gasteiger partial charge in [-0.3, -0.25) is 4.79 Å². The normalized spacial score (nSPS) is 12.2. The molecular formula is C10H11F3N2O3S2. The van der Waals surface area contributed by atoms with Crippen LogP contribution in [0.25, 0.3) is 0 Å². The van der Waals surface area contributed by atoms with Crippen molar-refractivity contribution in [3.8, 4) is 0 Å². The van der Waals surface area contributed by atoms with E-state index in [0.717, 1.165) is 12.3 Å². The summed E-state index contributed by atoms with van der Waals surface area (Å²) in [6.45, 7) is -0.129. The van der Waals surface area contributed by atoms with Crippen LogP contribution in [0.15, 0.2) is 23.2 Å². The average molecular weight is 328 g/mol. The molecule has 0 unspecified atom stereocenters. The molecule has 112 valence electrons. The van der Waals surface area contributed by atoms with Crippen LogP contribution in [0.2, 0.25) is 0 Å². The number of thioether (sulfide) groups is 1. The van der Waals surface area contributed by atoms with Crippen molar-refractivity contribution < 1.29 is 26.4 Å². The Hall–Kier alpha value is -1.29. The van der Waals surface area contributed by atoms with E-state index in [1.54, 1.807) is 0 Å². The molecule has 0 aliphatic rings. The molecule has 1 aromatic heterocycles. The second-order valence-corrected chi connectivity index (χ2v) is 7.14. The van der Waals surface area contributed by atoms with E-state index in [1.165, 1.54) is 12.1 Å². The molecule has 0 bridgehead atoms. The van der Waals surface area contributed by atoms with Gasteiger partial charge >= 0.3 is 5.51 Å². The summed E-state index contributed by atoms with van der Waals surface area (Å²) < 4.78 is 58.2. The molecule has 1 aromatic rings. The number of halogens is 3. The first-order valence-corrected chi connectivity index (χ1v) is 8.13. The number of carbonyl (C=O) groups excluding carboxylic acids is 1. The summed E-state index contributed by atoms with van der Waals surface area (Å²) in [6.07, 6.45) is 1.01. The second kappa shape index (κ2) is 6.44. The van der Waals surface area contributed by atoms with Crippen LogP contribution in [0, 0.1) is 0 Å². The summed E-state index contributed by atoms with van der Waals surface area (Å²) in [5, 5.41) is 1.92. The Morgan fingerprint density at radius 1 is 1.40 bits per heavy atom. The number of pyridine rings is 1. The standard InChI is InChI=1S/C10H11F3N2O3S2/c1-20(17,18)6-5-14-9(16)7-3-2-4-8(15-7)19-10(11,12)13/h2-4H,5-6H2,1H3,(H,14,16). The number of nitrogens with one attached hydrogen (secondary N) is 1. The van der Waals surface area contributed by atoms with E-state index < -0.39 is 33.0 Å². The molecule has 0 fully saturated rings. The molecule has 0 spiro atoms. The number of carbonyl (C=O) groups is 1. The molecule has 20 heavy (non-hydrogen) atoms. The van der Waals surface area contributed by atoms with Gasteiger partial charge in [-0.15, -0.1) is 0 Å². The SMILES string of the molecule is CS(=O)(=O)CCNC(=O)c1cccc(SC(F)(F)F)n1. The maximum Gasteiger partial charge on any atom is 0.447 e. The first-order chi connectivity index (χ1) is 9.07. The molecule has 0 radical (unpaired) electrons. The fourth-order valence-electron chi connectivity index (χ4n) is 1.16. The predicted octanol–water partition coefficient (Wildman–Crippen LogP) is 1.47. The van der Waals surface area contributed by atoms with Gasteiger partial charge in [0.15, 0.2) is 0 Å². The molecule has 1 heterocycles. The van der Waals surface area contributed by atoms with E-state index in [4.69, 9.17) is 0 Å². The summed E-state index contributed by atoms with van der Waals surface area (Å²) in [7, 11) is -3.22. The van der Waals surface area contributed by atoms with Crippen LogP contribution in [0.1, 0.15) is 10.5 Å². The van der Waals surface area contributed by atoms with Crippen molar-refractivity contribution in [2.45, 2.75) is 10.5 Å². The Morgan fingerprint density at radius 2 is 2.05 bits per heavy atom. The Balaban J connectivity index is 2.67. The van der Waals surface area contributed by atoms with Crippen molar-refractivity contribution in [1.82, 2.24) is 10.3 Å². The summed E-state index contributed by atoms with van der Waals surface area (Å²) in [5.41, 5.74) is -4.69. The third-order valence-corrected chi connectivity index (χ3v) is 3.55. The fraction of sp³-hybridized carbons (Fsp3) is 0.400. The average Bonchev–Trinajstić information content (AvgIpc) is 2.25. The van der Waals surface area contributed by atoms with E-state index in [9.17, 15) is 26.4 Å². The van der Waals surface area contributed by atoms with Crippen LogP contribution in [-0.2, 0) is 9.84 Å². The zero-order valence-corrected chi connectivity index (χ0v) is 11.9. The van der Waals surface area contributed by atoms with Gasteiger partial charge in [0, 0.05) is 24.6 Å². The predicted molar refractivity (Wildman–Crippen MR) is 68.2 cm³/mol. The van der Waals surface area contributed by atoms with Crippen molar-refractivity contribution in [3.63, 3.8) is 0 Å². The van der Waals surface area contributed by atoms with Gasteiger partial charge in [0.2, 0.25) is 0 Å². The lowest BCUT2D eigenvalue weighted by atomic mass is 10.3. The number of hydrogen-bond donors (Lipinski definition) is 1. The minimum atomic E-state index is -4.49. The Bertz CT molecular complexity index is 588. The zero-order chi connectivity index (χ0) is 15.4. The lowest BCUT2D eigenvalue weighted by Gasteiger charge is -2.07. The van der Waals surface area contributed by atoms with Gasteiger partial charge in [-0.1, -0.05) is 6.07 Å². The number of hydrogen-bond acceptors (Lipinski definition) is 5. The highest BCUT2D eigenvalue weighted by Gasteiger charge is 2.30. The molecule has 0 saturated carbocycles. The third-order valence-electron chi connectivity index (χ3n) is 1.93. The fourth-order valence-corrected chi connectivity index (χ4v) is 2.16. The molecule has 0 aliphatic heterocycles. The molecule has 1 amide bonds. The highest BCUT2D eigenvalue weighted by atomic mass is 32.2. The van der Waals surface area contributed by atoms with Gasteiger partial charge in [-0.05, 0) is 12.1 Å². The monoisotopic (exact) mass is 328 g/mol. The summed E-state index contributed by atoms with van der Waals surface area (Å²) in [5.74, 6) is -0.978. The van der Waals surface area contributed by atoms with Crippen LogP contribution in [0.3, 0.4) is 0 Å². The van der Waals surface area contributed by atoms with Crippen LogP contribution in [-0.4, -0.2) is 43.4 Å². The van der Waals surface area contributed by atoms with Crippen LogP contribution in [0.4, 0.5) is 13.2 Å². The van der Waals surface area contributed by atoms with Crippen LogP contribution in [0.5, 0.6) is 0 Å². The highest BCUT2D eigenvalue weighted by Crippen LogP contribution is 2.35. The molecule has 0 aromatic carbocycles. The number of amides is 1. The highest BCUT2D eigenvalue weighted by molar-refractivity contribution is 8.00. The van der Waals surface area contributed by atoms with E-state index in [-0.39, 0.29) is 23.0 Å². The van der Waals surface area contributed by atoms with E-state index in [1.807, 2.05) is 0 Å². The first kappa shape index (κ1) is 16.8. The lowest BCUT2D eigenvalue weighted by Crippen LogP contribution is -2.29. The molecule has 10 heteroatoms. The molecule has 0 saturated heterocycles. The van der Waals surface area contributed by atoms with Crippen molar-refractivity contribution in [2.24, 2.45) is 0 Å². The van der Waals surface area contributed by atoms with Crippen molar-refractivity contribution in [2.75, 3.05) is 18.6 Å². The minimum Gasteiger partial charge on any atom is -0.350 e. The van der Waals surface area contributed by atoms with Gasteiger partial charge < -0.3 is 5.32 Å². The number of rotatable bonds is 5. The Labute approximate surface area is 117 Å². The summed E-state index contributed by atoms with van der Waals surface area (Å²) in [4.78, 5) is 15.1. The van der Waals surface area contributed by atoms with E-state index in [2.05, 4.69) is 10.3 Å². The lowest BCUT2D eigenvalue weighted by molar-refractivity contribution is -0.0329. The quantitative estimate of drug-likeness (QED) is 0.828. The van der Waals surface area contributed by atoms with Crippen LogP contribution >= 0.6 is 11.8 Å². The smallest absolute Gasteiger partial charge is 0.350 e. The maximum atomic E-state index is 12.2. The summed E-state index contributed by atoms with van der Waals surface area (Å²) in [6, 6.07) is 3.65. The molecule has 1 rings (SSSR count). The third kappa shape index (κ3) is 6.75. The topological polar surface area (TPSA) is 76.1 Å². The molecule has 5 nitrogen and oxygen atoms in total. The maximum absolute atomic E-state index is 12.2. The molecule has 0 atom stereocenters. The van der Waals surface area contributed by atoms with Crippen LogP contribution < -0.4 is 5.32 Å².